The van der Waals surface area contributed by atoms with Gasteiger partial charge in [-0.1, -0.05) is 6.07 Å². The average Bonchev–Trinajstić information content (AvgIpc) is 3.16. The van der Waals surface area contributed by atoms with E-state index in [1.54, 1.807) is 13.8 Å². The summed E-state index contributed by atoms with van der Waals surface area (Å²) in [6, 6.07) is 8.40. The number of hydrogen-bond acceptors (Lipinski definition) is 7. The maximum atomic E-state index is 12.6. The van der Waals surface area contributed by atoms with Gasteiger partial charge >= 0.3 is 6.61 Å². The van der Waals surface area contributed by atoms with Crippen LogP contribution in [0.2, 0.25) is 0 Å². The Hall–Kier alpha value is -3.62. The Morgan fingerprint density at radius 1 is 1.10 bits per heavy atom. The Morgan fingerprint density at radius 2 is 1.81 bits per heavy atom. The Kier molecular flexibility index (Phi) is 6.74. The van der Waals surface area contributed by atoms with Crippen molar-refractivity contribution in [1.29, 1.82) is 0 Å². The van der Waals surface area contributed by atoms with Crippen molar-refractivity contribution in [3.8, 4) is 34.5 Å². The summed E-state index contributed by atoms with van der Waals surface area (Å²) >= 11 is 0. The highest BCUT2D eigenvalue weighted by atomic mass is 19.3. The van der Waals surface area contributed by atoms with Gasteiger partial charge < -0.3 is 24.1 Å². The molecule has 0 aliphatic rings. The number of ketones is 1. The lowest BCUT2D eigenvalue weighted by molar-refractivity contribution is -0.0518. The smallest absolute Gasteiger partial charge is 0.387 e. The Morgan fingerprint density at radius 3 is 2.45 bits per heavy atom. The van der Waals surface area contributed by atoms with E-state index >= 15 is 0 Å². The van der Waals surface area contributed by atoms with Gasteiger partial charge in [0.1, 0.15) is 23.3 Å². The van der Waals surface area contributed by atoms with Crippen LogP contribution in [0.3, 0.4) is 0 Å². The van der Waals surface area contributed by atoms with E-state index in [-0.39, 0.29) is 53.4 Å². The highest BCUT2D eigenvalue weighted by molar-refractivity contribution is 6.01. The minimum absolute atomic E-state index is 0.0139. The van der Waals surface area contributed by atoms with Gasteiger partial charge in [-0.2, -0.15) is 8.78 Å². The molecule has 0 radical (unpaired) electrons. The molecule has 2 aromatic carbocycles. The number of aryl methyl sites for hydroxylation is 1. The van der Waals surface area contributed by atoms with E-state index in [0.29, 0.717) is 11.3 Å². The van der Waals surface area contributed by atoms with E-state index in [1.165, 1.54) is 42.7 Å². The quantitative estimate of drug-likeness (QED) is 0.460. The average molecular weight is 433 g/mol. The highest BCUT2D eigenvalue weighted by Crippen LogP contribution is 2.34. The van der Waals surface area contributed by atoms with Crippen LogP contribution in [0.15, 0.2) is 47.1 Å². The molecular formula is C22H21F2NO6. The molecule has 2 N–H and O–H groups in total. The van der Waals surface area contributed by atoms with E-state index in [0.717, 1.165) is 0 Å². The minimum Gasteiger partial charge on any atom is -0.507 e. The first kappa shape index (κ1) is 22.1. The Labute approximate surface area is 176 Å². The number of benzene rings is 2. The number of Topliss-reactive ketones (excluding diaryl/α,β-unsaturated/α-hetero) is 1. The van der Waals surface area contributed by atoms with Crippen LogP contribution in [0.5, 0.6) is 23.0 Å². The zero-order valence-electron chi connectivity index (χ0n) is 16.8. The molecule has 7 nitrogen and oxygen atoms in total. The summed E-state index contributed by atoms with van der Waals surface area (Å²) < 4.78 is 40.7. The van der Waals surface area contributed by atoms with E-state index < -0.39 is 12.4 Å². The number of hydrogen-bond donors (Lipinski definition) is 2. The van der Waals surface area contributed by atoms with Crippen LogP contribution in [0.25, 0.3) is 11.5 Å². The van der Waals surface area contributed by atoms with E-state index in [2.05, 4.69) is 9.72 Å². The summed E-state index contributed by atoms with van der Waals surface area (Å²) in [6.07, 6.45) is 1.30. The van der Waals surface area contributed by atoms with Gasteiger partial charge in [0, 0.05) is 18.4 Å². The van der Waals surface area contributed by atoms with Crippen LogP contribution in [0.4, 0.5) is 8.78 Å². The highest BCUT2D eigenvalue weighted by Gasteiger charge is 2.18. The van der Waals surface area contributed by atoms with Crippen molar-refractivity contribution in [3.63, 3.8) is 0 Å². The van der Waals surface area contributed by atoms with Crippen molar-refractivity contribution in [2.75, 3.05) is 0 Å². The standard InChI is InChI=1S/C22H21F2NO6/c1-12(2)30-19-10-13(6-9-18(19)31-22(23)24)21-25-14(11-29-21)7-8-17(28)20-15(26)4-3-5-16(20)27/h3-6,9-12,22,26-27H,7-8H2,1-2H3. The first-order valence-electron chi connectivity index (χ1n) is 9.49. The zero-order chi connectivity index (χ0) is 22.5. The second-order valence-corrected chi connectivity index (χ2v) is 6.95. The van der Waals surface area contributed by atoms with Gasteiger partial charge in [-0.3, -0.25) is 4.79 Å². The molecule has 0 bridgehead atoms. The third-order valence-electron chi connectivity index (χ3n) is 4.23. The fourth-order valence-corrected chi connectivity index (χ4v) is 2.92. The summed E-state index contributed by atoms with van der Waals surface area (Å²) in [4.78, 5) is 16.7. The second kappa shape index (κ2) is 9.46. The summed E-state index contributed by atoms with van der Waals surface area (Å²) in [5, 5.41) is 19.6. The van der Waals surface area contributed by atoms with Crippen molar-refractivity contribution in [3.05, 3.63) is 53.9 Å². The molecule has 0 unspecified atom stereocenters. The molecule has 1 heterocycles. The van der Waals surface area contributed by atoms with Crippen LogP contribution in [0.1, 0.15) is 36.3 Å². The number of ether oxygens (including phenoxy) is 2. The van der Waals surface area contributed by atoms with Crippen LogP contribution in [0, 0.1) is 0 Å². The fourth-order valence-electron chi connectivity index (χ4n) is 2.92. The topological polar surface area (TPSA) is 102 Å². The molecule has 0 atom stereocenters. The van der Waals surface area contributed by atoms with E-state index in [9.17, 15) is 23.8 Å². The van der Waals surface area contributed by atoms with Gasteiger partial charge in [-0.15, -0.1) is 0 Å². The zero-order valence-corrected chi connectivity index (χ0v) is 16.8. The fraction of sp³-hybridized carbons (Fsp3) is 0.273. The Bertz CT molecular complexity index is 1040. The lowest BCUT2D eigenvalue weighted by atomic mass is 10.0. The molecule has 0 fully saturated rings. The maximum absolute atomic E-state index is 12.6. The number of oxazole rings is 1. The van der Waals surface area contributed by atoms with Crippen LogP contribution in [-0.2, 0) is 6.42 Å². The number of carbonyl (C=O) groups is 1. The minimum atomic E-state index is -2.99. The first-order valence-corrected chi connectivity index (χ1v) is 9.49. The number of phenols is 2. The molecule has 1 aromatic heterocycles. The van der Waals surface area contributed by atoms with Gasteiger partial charge in [0.2, 0.25) is 5.89 Å². The maximum Gasteiger partial charge on any atom is 0.387 e. The SMILES string of the molecule is CC(C)Oc1cc(-c2nc(CCC(=O)c3c(O)cccc3O)co2)ccc1OC(F)F. The molecule has 164 valence electrons. The number of aromatic nitrogens is 1. The number of halogens is 2. The predicted molar refractivity (Wildman–Crippen MR) is 107 cm³/mol. The summed E-state index contributed by atoms with van der Waals surface area (Å²) in [5.74, 6) is -0.805. The second-order valence-electron chi connectivity index (χ2n) is 6.95. The predicted octanol–water partition coefficient (Wildman–Crippen LogP) is 4.96. The molecule has 0 saturated carbocycles. The molecule has 0 aliphatic carbocycles. The van der Waals surface area contributed by atoms with Gasteiger partial charge in [0.05, 0.1) is 11.8 Å². The summed E-state index contributed by atoms with van der Waals surface area (Å²) in [5.41, 5.74) is 0.807. The van der Waals surface area contributed by atoms with Crippen LogP contribution < -0.4 is 9.47 Å². The number of alkyl halides is 2. The van der Waals surface area contributed by atoms with Crippen molar-refractivity contribution < 1.29 is 37.7 Å². The number of carbonyl (C=O) groups excluding carboxylic acids is 1. The van der Waals surface area contributed by atoms with Gasteiger partial charge in [-0.25, -0.2) is 4.98 Å². The van der Waals surface area contributed by atoms with Crippen LogP contribution in [-0.4, -0.2) is 33.7 Å². The van der Waals surface area contributed by atoms with E-state index in [4.69, 9.17) is 9.15 Å². The molecule has 3 aromatic rings. The van der Waals surface area contributed by atoms with Gasteiger partial charge in [0.25, 0.3) is 0 Å². The largest absolute Gasteiger partial charge is 0.507 e. The third kappa shape index (κ3) is 5.50. The van der Waals surface area contributed by atoms with Gasteiger partial charge in [-0.05, 0) is 44.2 Å². The van der Waals surface area contributed by atoms with Crippen molar-refractivity contribution >= 4 is 5.78 Å². The number of rotatable bonds is 9. The Balaban J connectivity index is 1.75. The molecule has 3 rings (SSSR count). The molecular weight excluding hydrogens is 412 g/mol. The molecule has 0 aliphatic heterocycles. The van der Waals surface area contributed by atoms with Crippen LogP contribution >= 0.6 is 0 Å². The number of aromatic hydroxyl groups is 2. The normalized spacial score (nSPS) is 11.2. The summed E-state index contributed by atoms with van der Waals surface area (Å²) in [6.45, 7) is 0.512. The molecule has 0 spiro atoms. The molecule has 0 amide bonds. The number of phenolic OH excluding ortho intramolecular Hbond substituents is 2. The van der Waals surface area contributed by atoms with E-state index in [1.807, 2.05) is 0 Å². The summed E-state index contributed by atoms with van der Waals surface area (Å²) in [7, 11) is 0. The molecule has 31 heavy (non-hydrogen) atoms. The molecule has 0 saturated heterocycles. The van der Waals surface area contributed by atoms with Crippen molar-refractivity contribution in [1.82, 2.24) is 4.98 Å². The first-order chi connectivity index (χ1) is 14.7. The lowest BCUT2D eigenvalue weighted by Crippen LogP contribution is -2.09. The lowest BCUT2D eigenvalue weighted by Gasteiger charge is -2.15. The van der Waals surface area contributed by atoms with Crippen molar-refractivity contribution in [2.24, 2.45) is 0 Å². The monoisotopic (exact) mass is 433 g/mol. The van der Waals surface area contributed by atoms with Crippen molar-refractivity contribution in [2.45, 2.75) is 39.4 Å². The number of nitrogens with zero attached hydrogens (tertiary/aromatic N) is 1. The third-order valence-corrected chi connectivity index (χ3v) is 4.23. The van der Waals surface area contributed by atoms with Gasteiger partial charge in [0.15, 0.2) is 17.3 Å². The molecule has 9 heteroatoms.